The van der Waals surface area contributed by atoms with E-state index in [0.29, 0.717) is 5.56 Å². The first-order chi connectivity index (χ1) is 14.7. The van der Waals surface area contributed by atoms with Gasteiger partial charge in [0, 0.05) is 18.1 Å². The lowest BCUT2D eigenvalue weighted by Crippen LogP contribution is -2.31. The summed E-state index contributed by atoms with van der Waals surface area (Å²) in [6.45, 7) is -1.60. The molecule has 1 aromatic heterocycles. The van der Waals surface area contributed by atoms with Gasteiger partial charge in [-0.2, -0.15) is 18.3 Å². The zero-order valence-electron chi connectivity index (χ0n) is 16.8. The maximum absolute atomic E-state index is 12.9. The van der Waals surface area contributed by atoms with E-state index in [1.54, 1.807) is 0 Å². The number of rotatable bonds is 5. The van der Waals surface area contributed by atoms with Crippen LogP contribution in [0.25, 0.3) is 22.3 Å². The second-order valence-corrected chi connectivity index (χ2v) is 11.1. The van der Waals surface area contributed by atoms with Gasteiger partial charge in [-0.15, -0.1) is 0 Å². The molecule has 0 saturated carbocycles. The predicted molar refractivity (Wildman–Crippen MR) is 112 cm³/mol. The largest absolute Gasteiger partial charge is 0.408 e. The fraction of sp³-hybridized carbons (Fsp3) is 0.200. The molecule has 0 atom stereocenters. The summed E-state index contributed by atoms with van der Waals surface area (Å²) in [4.78, 5) is 12.9. The number of hydrogen-bond donors (Lipinski definition) is 0. The molecule has 0 spiro atoms. The first kappa shape index (κ1) is 23.7. The molecule has 0 bridgehead atoms. The Kier molecular flexibility index (Phi) is 6.04. The summed E-state index contributed by atoms with van der Waals surface area (Å²) in [5.41, 5.74) is -0.456. The first-order valence-corrected chi connectivity index (χ1v) is 12.7. The van der Waals surface area contributed by atoms with E-state index in [-0.39, 0.29) is 31.2 Å². The monoisotopic (exact) mass is 486 g/mol. The minimum Gasteiger partial charge on any atom is -0.267 e. The molecule has 7 nitrogen and oxygen atoms in total. The molecule has 0 saturated heterocycles. The van der Waals surface area contributed by atoms with Crippen LogP contribution >= 0.6 is 0 Å². The Morgan fingerprint density at radius 1 is 0.812 bits per heavy atom. The molecule has 1 heterocycles. The molecule has 12 heteroatoms. The summed E-state index contributed by atoms with van der Waals surface area (Å²) in [6, 6.07) is 10.6. The average molecular weight is 486 g/mol. The number of halogens is 3. The molecular weight excluding hydrogens is 469 g/mol. The van der Waals surface area contributed by atoms with E-state index in [1.165, 1.54) is 48.5 Å². The van der Waals surface area contributed by atoms with E-state index in [1.807, 2.05) is 0 Å². The summed E-state index contributed by atoms with van der Waals surface area (Å²) < 4.78 is 85.8. The van der Waals surface area contributed by atoms with Crippen molar-refractivity contribution in [3.63, 3.8) is 0 Å². The Morgan fingerprint density at radius 2 is 1.25 bits per heavy atom. The van der Waals surface area contributed by atoms with Crippen LogP contribution in [-0.2, 0) is 26.2 Å². The Labute approximate surface area is 182 Å². The lowest BCUT2D eigenvalue weighted by Gasteiger charge is -2.14. The number of aromatic nitrogens is 2. The zero-order valence-corrected chi connectivity index (χ0v) is 18.4. The van der Waals surface area contributed by atoms with Crippen LogP contribution < -0.4 is 5.56 Å². The number of alkyl halides is 3. The van der Waals surface area contributed by atoms with E-state index in [0.717, 1.165) is 18.7 Å². The Hall–Kier alpha value is -2.99. The molecule has 32 heavy (non-hydrogen) atoms. The Bertz CT molecular complexity index is 1430. The van der Waals surface area contributed by atoms with Crippen LogP contribution in [0.3, 0.4) is 0 Å². The average Bonchev–Trinajstić information content (AvgIpc) is 2.67. The normalized spacial score (nSPS) is 12.7. The zero-order chi connectivity index (χ0) is 23.9. The highest BCUT2D eigenvalue weighted by Crippen LogP contribution is 2.30. The SMILES string of the molecule is CS(=O)(=O)c1ccc(-c2cnn(CC(F)(F)F)c(=O)c2-c2ccc(S(C)(=O)=O)cc2)cc1. The van der Waals surface area contributed by atoms with E-state index in [9.17, 15) is 34.8 Å². The Morgan fingerprint density at radius 3 is 1.66 bits per heavy atom. The molecule has 0 unspecified atom stereocenters. The van der Waals surface area contributed by atoms with Crippen molar-refractivity contribution in [3.05, 3.63) is 65.1 Å². The van der Waals surface area contributed by atoms with Crippen molar-refractivity contribution in [3.8, 4) is 22.3 Å². The molecule has 0 aliphatic carbocycles. The van der Waals surface area contributed by atoms with Crippen molar-refractivity contribution >= 4 is 19.7 Å². The number of sulfone groups is 2. The van der Waals surface area contributed by atoms with Crippen molar-refractivity contribution in [1.29, 1.82) is 0 Å². The van der Waals surface area contributed by atoms with Gasteiger partial charge in [-0.25, -0.2) is 21.5 Å². The fourth-order valence-corrected chi connectivity index (χ4v) is 4.28. The summed E-state index contributed by atoms with van der Waals surface area (Å²) in [6.07, 6.45) is -1.58. The standard InChI is InChI=1S/C20H17F3N2O5S2/c1-31(27,28)15-7-3-13(4-8-15)17-11-24-25(12-20(21,22)23)19(26)18(17)14-5-9-16(10-6-14)32(2,29)30/h3-11H,12H2,1-2H3. The van der Waals surface area contributed by atoms with Crippen molar-refractivity contribution in [2.24, 2.45) is 0 Å². The molecule has 0 fully saturated rings. The molecule has 3 rings (SSSR count). The molecule has 0 amide bonds. The maximum Gasteiger partial charge on any atom is 0.408 e. The molecule has 0 aliphatic heterocycles. The predicted octanol–water partition coefficient (Wildman–Crippen LogP) is 2.95. The number of nitrogens with zero attached hydrogens (tertiary/aromatic N) is 2. The van der Waals surface area contributed by atoms with Gasteiger partial charge in [-0.1, -0.05) is 24.3 Å². The van der Waals surface area contributed by atoms with Gasteiger partial charge < -0.3 is 0 Å². The molecule has 3 aromatic rings. The smallest absolute Gasteiger partial charge is 0.267 e. The third kappa shape index (κ3) is 5.25. The minimum absolute atomic E-state index is 0.0232. The molecule has 0 radical (unpaired) electrons. The third-order valence-electron chi connectivity index (χ3n) is 4.54. The van der Waals surface area contributed by atoms with Gasteiger partial charge >= 0.3 is 6.18 Å². The van der Waals surface area contributed by atoms with E-state index in [2.05, 4.69) is 5.10 Å². The van der Waals surface area contributed by atoms with E-state index in [4.69, 9.17) is 0 Å². The van der Waals surface area contributed by atoms with Gasteiger partial charge in [-0.3, -0.25) is 4.79 Å². The van der Waals surface area contributed by atoms with Crippen LogP contribution in [0.5, 0.6) is 0 Å². The van der Waals surface area contributed by atoms with Crippen LogP contribution in [0.15, 0.2) is 69.3 Å². The second kappa shape index (κ2) is 8.17. The van der Waals surface area contributed by atoms with Gasteiger partial charge in [0.2, 0.25) is 0 Å². The molecule has 0 N–H and O–H groups in total. The van der Waals surface area contributed by atoms with E-state index >= 15 is 0 Å². The minimum atomic E-state index is -4.69. The highest BCUT2D eigenvalue weighted by Gasteiger charge is 2.30. The van der Waals surface area contributed by atoms with Crippen LogP contribution in [0.4, 0.5) is 13.2 Å². The lowest BCUT2D eigenvalue weighted by atomic mass is 9.97. The Balaban J connectivity index is 2.24. The van der Waals surface area contributed by atoms with Crippen molar-refractivity contribution in [1.82, 2.24) is 9.78 Å². The molecule has 170 valence electrons. The molecule has 0 aliphatic rings. The van der Waals surface area contributed by atoms with Crippen LogP contribution in [0.2, 0.25) is 0 Å². The van der Waals surface area contributed by atoms with E-state index < -0.39 is 38.0 Å². The van der Waals surface area contributed by atoms with Crippen LogP contribution in [0.1, 0.15) is 0 Å². The summed E-state index contributed by atoms with van der Waals surface area (Å²) in [7, 11) is -7.01. The van der Waals surface area contributed by atoms with Gasteiger partial charge in [0.05, 0.1) is 21.6 Å². The fourth-order valence-electron chi connectivity index (χ4n) is 3.02. The number of hydrogen-bond acceptors (Lipinski definition) is 6. The van der Waals surface area contributed by atoms with Crippen molar-refractivity contribution < 1.29 is 30.0 Å². The van der Waals surface area contributed by atoms with Crippen LogP contribution in [-0.4, -0.2) is 45.3 Å². The number of benzene rings is 2. The second-order valence-electron chi connectivity index (χ2n) is 7.10. The van der Waals surface area contributed by atoms with Crippen LogP contribution in [0, 0.1) is 0 Å². The molecular formula is C20H17F3N2O5S2. The maximum atomic E-state index is 12.9. The van der Waals surface area contributed by atoms with Gasteiger partial charge in [0.15, 0.2) is 19.7 Å². The molecule has 2 aromatic carbocycles. The third-order valence-corrected chi connectivity index (χ3v) is 6.79. The summed E-state index contributed by atoms with van der Waals surface area (Å²) in [5.74, 6) is 0. The van der Waals surface area contributed by atoms with Gasteiger partial charge in [0.25, 0.3) is 5.56 Å². The summed E-state index contributed by atoms with van der Waals surface area (Å²) >= 11 is 0. The highest BCUT2D eigenvalue weighted by atomic mass is 32.2. The van der Waals surface area contributed by atoms with Gasteiger partial charge in [0.1, 0.15) is 6.54 Å². The van der Waals surface area contributed by atoms with Crippen molar-refractivity contribution in [2.75, 3.05) is 12.5 Å². The summed E-state index contributed by atoms with van der Waals surface area (Å²) in [5, 5.41) is 3.62. The quantitative estimate of drug-likeness (QED) is 0.549. The van der Waals surface area contributed by atoms with Gasteiger partial charge in [-0.05, 0) is 35.4 Å². The first-order valence-electron chi connectivity index (χ1n) is 8.95. The lowest BCUT2D eigenvalue weighted by molar-refractivity contribution is -0.143. The topological polar surface area (TPSA) is 103 Å². The van der Waals surface area contributed by atoms with Crippen molar-refractivity contribution in [2.45, 2.75) is 22.5 Å². The highest BCUT2D eigenvalue weighted by molar-refractivity contribution is 7.91.